The van der Waals surface area contributed by atoms with Gasteiger partial charge in [0.25, 0.3) is 0 Å². The number of nitriles is 1. The van der Waals surface area contributed by atoms with Crippen molar-refractivity contribution in [3.8, 4) is 6.07 Å². The SMILES string of the molecule is CCOC(=O)N(CC(=O)N1CCC[C@H]1C#N)C1(C)CCN(C[C@H]2O[C@@H]3OC(C)(C)O[C@@H]3C2O)CC1. The Hall–Kier alpha value is -1.97. The van der Waals surface area contributed by atoms with Crippen molar-refractivity contribution >= 4 is 12.0 Å². The number of aliphatic hydroxyl groups is 1. The highest BCUT2D eigenvalue weighted by Gasteiger charge is 2.54. The number of rotatable bonds is 6. The second-order valence-electron chi connectivity index (χ2n) is 10.6. The van der Waals surface area contributed by atoms with E-state index >= 15 is 0 Å². The minimum Gasteiger partial charge on any atom is -0.450 e. The van der Waals surface area contributed by atoms with Crippen LogP contribution in [0.25, 0.3) is 0 Å². The van der Waals surface area contributed by atoms with Gasteiger partial charge in [0, 0.05) is 31.7 Å². The molecule has 4 aliphatic heterocycles. The number of ether oxygens (including phenoxy) is 4. The largest absolute Gasteiger partial charge is 0.450 e. The highest BCUT2D eigenvalue weighted by atomic mass is 16.8. The molecule has 5 atom stereocenters. The van der Waals surface area contributed by atoms with E-state index in [0.29, 0.717) is 45.4 Å². The van der Waals surface area contributed by atoms with E-state index in [4.69, 9.17) is 18.9 Å². The number of hydrogen-bond acceptors (Lipinski definition) is 9. The number of amides is 2. The van der Waals surface area contributed by atoms with Crippen LogP contribution in [0.15, 0.2) is 0 Å². The number of fused-ring (bicyclic) bond motifs is 1. The molecule has 0 spiro atoms. The summed E-state index contributed by atoms with van der Waals surface area (Å²) in [6.45, 7) is 9.82. The van der Waals surface area contributed by atoms with Gasteiger partial charge >= 0.3 is 6.09 Å². The first-order valence-corrected chi connectivity index (χ1v) is 12.6. The van der Waals surface area contributed by atoms with Crippen molar-refractivity contribution in [2.45, 2.75) is 95.3 Å². The number of likely N-dealkylation sites (tertiary alicyclic amines) is 2. The van der Waals surface area contributed by atoms with Crippen LogP contribution in [-0.2, 0) is 23.7 Å². The van der Waals surface area contributed by atoms with Crippen molar-refractivity contribution in [3.63, 3.8) is 0 Å². The number of carbonyl (C=O) groups excluding carboxylic acids is 2. The molecule has 4 saturated heterocycles. The Morgan fingerprint density at radius 1 is 1.20 bits per heavy atom. The number of aliphatic hydroxyl groups excluding tert-OH is 1. The smallest absolute Gasteiger partial charge is 0.410 e. The lowest BCUT2D eigenvalue weighted by Crippen LogP contribution is -2.59. The van der Waals surface area contributed by atoms with Crippen LogP contribution in [0, 0.1) is 11.3 Å². The summed E-state index contributed by atoms with van der Waals surface area (Å²) in [5.41, 5.74) is -0.567. The zero-order chi connectivity index (χ0) is 25.4. The van der Waals surface area contributed by atoms with Gasteiger partial charge in [0.1, 0.15) is 30.9 Å². The Morgan fingerprint density at radius 3 is 2.54 bits per heavy atom. The van der Waals surface area contributed by atoms with Gasteiger partial charge in [0.05, 0.1) is 12.7 Å². The third kappa shape index (κ3) is 5.42. The van der Waals surface area contributed by atoms with E-state index in [2.05, 4.69) is 11.0 Å². The van der Waals surface area contributed by atoms with Gasteiger partial charge in [-0.15, -0.1) is 0 Å². The summed E-state index contributed by atoms with van der Waals surface area (Å²) >= 11 is 0. The predicted octanol–water partition coefficient (Wildman–Crippen LogP) is 1.05. The molecule has 0 aromatic heterocycles. The van der Waals surface area contributed by atoms with Gasteiger partial charge < -0.3 is 33.9 Å². The number of piperidine rings is 1. The molecule has 1 unspecified atom stereocenters. The summed E-state index contributed by atoms with van der Waals surface area (Å²) in [7, 11) is 0. The molecule has 1 N–H and O–H groups in total. The maximum Gasteiger partial charge on any atom is 0.410 e. The van der Waals surface area contributed by atoms with Gasteiger partial charge in [-0.1, -0.05) is 0 Å². The average molecular weight is 495 g/mol. The second kappa shape index (κ2) is 10.2. The number of hydrogen-bond donors (Lipinski definition) is 1. The molecule has 0 radical (unpaired) electrons. The summed E-state index contributed by atoms with van der Waals surface area (Å²) in [6.07, 6.45) is -0.0655. The summed E-state index contributed by atoms with van der Waals surface area (Å²) in [5.74, 6) is -0.993. The van der Waals surface area contributed by atoms with Gasteiger partial charge in [-0.05, 0) is 53.4 Å². The van der Waals surface area contributed by atoms with E-state index in [1.807, 2.05) is 6.92 Å². The molecule has 35 heavy (non-hydrogen) atoms. The summed E-state index contributed by atoms with van der Waals surface area (Å²) in [4.78, 5) is 31.2. The summed E-state index contributed by atoms with van der Waals surface area (Å²) in [6, 6.07) is 1.75. The zero-order valence-electron chi connectivity index (χ0n) is 21.1. The molecule has 196 valence electrons. The third-order valence-electron chi connectivity index (χ3n) is 7.64. The second-order valence-corrected chi connectivity index (χ2v) is 10.6. The molecule has 0 saturated carbocycles. The van der Waals surface area contributed by atoms with Crippen LogP contribution in [0.3, 0.4) is 0 Å². The first kappa shape index (κ1) is 26.1. The van der Waals surface area contributed by atoms with Crippen molar-refractivity contribution in [1.82, 2.24) is 14.7 Å². The number of carbonyl (C=O) groups is 2. The van der Waals surface area contributed by atoms with Crippen LogP contribution in [0.2, 0.25) is 0 Å². The molecule has 0 aromatic carbocycles. The monoisotopic (exact) mass is 494 g/mol. The minimum atomic E-state index is -0.780. The fraction of sp³-hybridized carbons (Fsp3) is 0.875. The van der Waals surface area contributed by atoms with E-state index in [1.165, 1.54) is 4.90 Å². The Bertz CT molecular complexity index is 838. The van der Waals surface area contributed by atoms with Crippen LogP contribution < -0.4 is 0 Å². The van der Waals surface area contributed by atoms with Gasteiger partial charge in [-0.2, -0.15) is 5.26 Å². The average Bonchev–Trinajstić information content (AvgIpc) is 3.48. The molecule has 4 fully saturated rings. The molecule has 2 amide bonds. The predicted molar refractivity (Wildman–Crippen MR) is 123 cm³/mol. The van der Waals surface area contributed by atoms with Crippen molar-refractivity contribution in [2.24, 2.45) is 0 Å². The van der Waals surface area contributed by atoms with Crippen LogP contribution >= 0.6 is 0 Å². The van der Waals surface area contributed by atoms with E-state index in [0.717, 1.165) is 6.42 Å². The molecule has 0 aliphatic carbocycles. The van der Waals surface area contributed by atoms with Crippen LogP contribution in [0.5, 0.6) is 0 Å². The minimum absolute atomic E-state index is 0.105. The maximum absolute atomic E-state index is 13.0. The molecular formula is C24H38N4O7. The first-order chi connectivity index (χ1) is 16.6. The van der Waals surface area contributed by atoms with Gasteiger partial charge in [0.15, 0.2) is 12.1 Å². The fourth-order valence-electron chi connectivity index (χ4n) is 5.55. The van der Waals surface area contributed by atoms with Crippen LogP contribution in [-0.4, -0.2) is 113 Å². The van der Waals surface area contributed by atoms with Crippen molar-refractivity contribution in [2.75, 3.05) is 39.3 Å². The van der Waals surface area contributed by atoms with Crippen molar-refractivity contribution in [1.29, 1.82) is 5.26 Å². The number of nitrogens with zero attached hydrogens (tertiary/aromatic N) is 4. The first-order valence-electron chi connectivity index (χ1n) is 12.6. The fourth-order valence-corrected chi connectivity index (χ4v) is 5.55. The van der Waals surface area contributed by atoms with Crippen LogP contribution in [0.1, 0.15) is 53.4 Å². The normalized spacial score (nSPS) is 33.8. The standard InChI is InChI=1S/C24H38N4O7/c1-5-32-22(31)28(15-18(29)27-10-6-7-16(27)13-25)24(4)8-11-26(12-9-24)14-17-19(30)20-21(33-17)35-23(2,3)34-20/h16-17,19-21,30H,5-12,14-15H2,1-4H3/t16-,17+,19?,20+,21+/m0/s1. The quantitative estimate of drug-likeness (QED) is 0.577. The van der Waals surface area contributed by atoms with E-state index in [9.17, 15) is 20.0 Å². The maximum atomic E-state index is 13.0. The van der Waals surface area contributed by atoms with E-state index < -0.39 is 48.1 Å². The third-order valence-corrected chi connectivity index (χ3v) is 7.64. The zero-order valence-corrected chi connectivity index (χ0v) is 21.1. The molecule has 11 heteroatoms. The van der Waals surface area contributed by atoms with Gasteiger partial charge in [0.2, 0.25) is 5.91 Å². The Morgan fingerprint density at radius 2 is 1.91 bits per heavy atom. The molecule has 11 nitrogen and oxygen atoms in total. The topological polar surface area (TPSA) is 125 Å². The molecule has 4 heterocycles. The van der Waals surface area contributed by atoms with Crippen molar-refractivity contribution < 1.29 is 33.6 Å². The highest BCUT2D eigenvalue weighted by molar-refractivity contribution is 5.83. The Balaban J connectivity index is 1.36. The van der Waals surface area contributed by atoms with E-state index in [-0.39, 0.29) is 19.1 Å². The molecule has 0 aromatic rings. The molecule has 4 aliphatic rings. The summed E-state index contributed by atoms with van der Waals surface area (Å²) < 4.78 is 22.8. The van der Waals surface area contributed by atoms with Crippen LogP contribution in [0.4, 0.5) is 4.79 Å². The highest BCUT2D eigenvalue weighted by Crippen LogP contribution is 2.38. The lowest BCUT2D eigenvalue weighted by molar-refractivity contribution is -0.216. The molecule has 4 rings (SSSR count). The Labute approximate surface area is 206 Å². The molecular weight excluding hydrogens is 456 g/mol. The van der Waals surface area contributed by atoms with E-state index in [1.54, 1.807) is 25.7 Å². The molecule has 0 bridgehead atoms. The summed E-state index contributed by atoms with van der Waals surface area (Å²) in [5, 5.41) is 20.1. The lowest BCUT2D eigenvalue weighted by atomic mass is 9.87. The van der Waals surface area contributed by atoms with Gasteiger partial charge in [-0.3, -0.25) is 9.69 Å². The van der Waals surface area contributed by atoms with Gasteiger partial charge in [-0.25, -0.2) is 4.79 Å². The lowest BCUT2D eigenvalue weighted by Gasteiger charge is -2.46. The van der Waals surface area contributed by atoms with Crippen molar-refractivity contribution in [3.05, 3.63) is 0 Å². The Kier molecular flexibility index (Phi) is 7.60.